The third-order valence-electron chi connectivity index (χ3n) is 4.18. The Bertz CT molecular complexity index is 981. The van der Waals surface area contributed by atoms with Gasteiger partial charge in [-0.05, 0) is 42.5 Å². The second-order valence-electron chi connectivity index (χ2n) is 6.08. The number of benzene rings is 3. The molecule has 3 aromatic rings. The Hall–Kier alpha value is -3.74. The van der Waals surface area contributed by atoms with Crippen LogP contribution in [0.15, 0.2) is 60.7 Å². The van der Waals surface area contributed by atoms with Crippen LogP contribution in [0.3, 0.4) is 0 Å². The third-order valence-corrected chi connectivity index (χ3v) is 4.18. The van der Waals surface area contributed by atoms with E-state index in [0.29, 0.717) is 22.9 Å². The molecule has 29 heavy (non-hydrogen) atoms. The summed E-state index contributed by atoms with van der Waals surface area (Å²) in [7, 11) is 4.65. The summed E-state index contributed by atoms with van der Waals surface area (Å²) in [6.45, 7) is 0. The molecule has 0 radical (unpaired) electrons. The zero-order valence-corrected chi connectivity index (χ0v) is 16.3. The molecule has 150 valence electrons. The minimum Gasteiger partial charge on any atom is -0.493 e. The number of hydrogen-bond donors (Lipinski definition) is 2. The van der Waals surface area contributed by atoms with Gasteiger partial charge in [-0.2, -0.15) is 0 Å². The van der Waals surface area contributed by atoms with Gasteiger partial charge in [-0.25, -0.2) is 4.39 Å². The van der Waals surface area contributed by atoms with Gasteiger partial charge in [0.25, 0.3) is 5.91 Å². The van der Waals surface area contributed by atoms with Crippen LogP contribution in [0.5, 0.6) is 17.2 Å². The Morgan fingerprint density at radius 1 is 0.793 bits per heavy atom. The van der Waals surface area contributed by atoms with Crippen LogP contribution < -0.4 is 24.8 Å². The molecule has 0 saturated heterocycles. The second kappa shape index (κ2) is 8.97. The highest BCUT2D eigenvalue weighted by molar-refractivity contribution is 6.04. The number of carbonyl (C=O) groups is 1. The summed E-state index contributed by atoms with van der Waals surface area (Å²) >= 11 is 0. The van der Waals surface area contributed by atoms with E-state index in [-0.39, 0.29) is 11.5 Å². The summed E-state index contributed by atoms with van der Waals surface area (Å²) in [6, 6.07) is 16.2. The van der Waals surface area contributed by atoms with Gasteiger partial charge in [0.05, 0.1) is 21.3 Å². The van der Waals surface area contributed by atoms with Gasteiger partial charge in [0.15, 0.2) is 11.5 Å². The zero-order chi connectivity index (χ0) is 20.8. The van der Waals surface area contributed by atoms with E-state index in [4.69, 9.17) is 14.2 Å². The van der Waals surface area contributed by atoms with Gasteiger partial charge in [-0.1, -0.05) is 6.07 Å². The first kappa shape index (κ1) is 20.0. The summed E-state index contributed by atoms with van der Waals surface area (Å²) in [4.78, 5) is 12.2. The van der Waals surface area contributed by atoms with Gasteiger partial charge in [-0.3, -0.25) is 4.79 Å². The van der Waals surface area contributed by atoms with Crippen LogP contribution in [-0.4, -0.2) is 27.2 Å². The van der Waals surface area contributed by atoms with Crippen molar-refractivity contribution in [2.24, 2.45) is 0 Å². The minimum absolute atomic E-state index is 0.254. The van der Waals surface area contributed by atoms with Crippen molar-refractivity contribution in [2.75, 3.05) is 32.0 Å². The van der Waals surface area contributed by atoms with E-state index >= 15 is 0 Å². The molecule has 0 saturated carbocycles. The van der Waals surface area contributed by atoms with E-state index in [2.05, 4.69) is 10.6 Å². The lowest BCUT2D eigenvalue weighted by Crippen LogP contribution is -2.11. The molecule has 0 aliphatic heterocycles. The summed E-state index contributed by atoms with van der Waals surface area (Å²) in [5.41, 5.74) is 2.39. The molecule has 3 rings (SSSR count). The zero-order valence-electron chi connectivity index (χ0n) is 16.3. The standard InChI is InChI=1S/C22H21FN2O4/c1-27-19-12-18(13-20(28-2)21(19)29-3)24-16-7-9-17(10-8-16)25-22(26)14-5-4-6-15(23)11-14/h4-13,24H,1-3H3,(H,25,26). The monoisotopic (exact) mass is 396 g/mol. The molecule has 2 N–H and O–H groups in total. The average molecular weight is 396 g/mol. The highest BCUT2D eigenvalue weighted by Gasteiger charge is 2.13. The molecule has 3 aromatic carbocycles. The van der Waals surface area contributed by atoms with Gasteiger partial charge in [-0.15, -0.1) is 0 Å². The first-order valence-electron chi connectivity index (χ1n) is 8.78. The van der Waals surface area contributed by atoms with Gasteiger partial charge < -0.3 is 24.8 Å². The Kier molecular flexibility index (Phi) is 6.19. The van der Waals surface area contributed by atoms with Gasteiger partial charge in [0.1, 0.15) is 5.82 Å². The molecule has 7 heteroatoms. The molecule has 0 aliphatic rings. The SMILES string of the molecule is COc1cc(Nc2ccc(NC(=O)c3cccc(F)c3)cc2)cc(OC)c1OC. The van der Waals surface area contributed by atoms with Gasteiger partial charge >= 0.3 is 0 Å². The number of methoxy groups -OCH3 is 3. The highest BCUT2D eigenvalue weighted by Crippen LogP contribution is 2.40. The largest absolute Gasteiger partial charge is 0.493 e. The van der Waals surface area contributed by atoms with Crippen molar-refractivity contribution in [1.82, 2.24) is 0 Å². The van der Waals surface area contributed by atoms with Crippen LogP contribution in [0.4, 0.5) is 21.5 Å². The Balaban J connectivity index is 1.73. The summed E-state index contributed by atoms with van der Waals surface area (Å²) < 4.78 is 29.3. The van der Waals surface area contributed by atoms with Gasteiger partial charge in [0, 0.05) is 34.8 Å². The molecular formula is C22H21FN2O4. The molecule has 1 amide bonds. The average Bonchev–Trinajstić information content (AvgIpc) is 2.74. The molecule has 0 atom stereocenters. The molecule has 0 bridgehead atoms. The van der Waals surface area contributed by atoms with Crippen LogP contribution >= 0.6 is 0 Å². The quantitative estimate of drug-likeness (QED) is 0.598. The summed E-state index contributed by atoms with van der Waals surface area (Å²) in [6.07, 6.45) is 0. The van der Waals surface area contributed by atoms with E-state index in [1.54, 1.807) is 51.7 Å². The number of anilines is 3. The summed E-state index contributed by atoms with van der Waals surface area (Å²) in [5, 5.41) is 5.98. The number of carbonyl (C=O) groups excluding carboxylic acids is 1. The van der Waals surface area contributed by atoms with E-state index in [1.165, 1.54) is 18.2 Å². The Morgan fingerprint density at radius 2 is 1.41 bits per heavy atom. The highest BCUT2D eigenvalue weighted by atomic mass is 19.1. The van der Waals surface area contributed by atoms with Crippen molar-refractivity contribution in [2.45, 2.75) is 0 Å². The lowest BCUT2D eigenvalue weighted by molar-refractivity contribution is 0.102. The maximum absolute atomic E-state index is 13.3. The molecule has 0 spiro atoms. The van der Waals surface area contributed by atoms with Crippen LogP contribution in [0.1, 0.15) is 10.4 Å². The number of ether oxygens (including phenoxy) is 3. The lowest BCUT2D eigenvalue weighted by Gasteiger charge is -2.15. The fourth-order valence-corrected chi connectivity index (χ4v) is 2.79. The van der Waals surface area contributed by atoms with Crippen molar-refractivity contribution < 1.29 is 23.4 Å². The van der Waals surface area contributed by atoms with Crippen molar-refractivity contribution >= 4 is 23.0 Å². The first-order chi connectivity index (χ1) is 14.0. The van der Waals surface area contributed by atoms with Gasteiger partial charge in [0.2, 0.25) is 5.75 Å². The molecular weight excluding hydrogens is 375 g/mol. The smallest absolute Gasteiger partial charge is 0.255 e. The predicted molar refractivity (Wildman–Crippen MR) is 110 cm³/mol. The molecule has 0 aliphatic carbocycles. The van der Waals surface area contributed by atoms with E-state index in [9.17, 15) is 9.18 Å². The van der Waals surface area contributed by atoms with Crippen LogP contribution in [0, 0.1) is 5.82 Å². The normalized spacial score (nSPS) is 10.2. The van der Waals surface area contributed by atoms with Crippen LogP contribution in [0.25, 0.3) is 0 Å². The van der Waals surface area contributed by atoms with E-state index in [1.807, 2.05) is 12.1 Å². The van der Waals surface area contributed by atoms with Crippen LogP contribution in [0.2, 0.25) is 0 Å². The first-order valence-corrected chi connectivity index (χ1v) is 8.78. The van der Waals surface area contributed by atoms with E-state index < -0.39 is 5.82 Å². The van der Waals surface area contributed by atoms with Crippen molar-refractivity contribution in [3.63, 3.8) is 0 Å². The maximum Gasteiger partial charge on any atom is 0.255 e. The predicted octanol–water partition coefficient (Wildman–Crippen LogP) is 4.85. The molecule has 0 aromatic heterocycles. The molecule has 6 nitrogen and oxygen atoms in total. The summed E-state index contributed by atoms with van der Waals surface area (Å²) in [5.74, 6) is 0.745. The molecule has 0 unspecified atom stereocenters. The number of amides is 1. The number of hydrogen-bond acceptors (Lipinski definition) is 5. The third kappa shape index (κ3) is 4.76. The van der Waals surface area contributed by atoms with Crippen molar-refractivity contribution in [3.05, 3.63) is 72.0 Å². The van der Waals surface area contributed by atoms with Crippen molar-refractivity contribution in [1.29, 1.82) is 0 Å². The number of rotatable bonds is 7. The number of nitrogens with one attached hydrogen (secondary N) is 2. The maximum atomic E-state index is 13.3. The lowest BCUT2D eigenvalue weighted by atomic mass is 10.2. The Morgan fingerprint density at radius 3 is 1.97 bits per heavy atom. The Labute approximate surface area is 168 Å². The minimum atomic E-state index is -0.456. The van der Waals surface area contributed by atoms with Crippen molar-refractivity contribution in [3.8, 4) is 17.2 Å². The fraction of sp³-hybridized carbons (Fsp3) is 0.136. The molecule has 0 fully saturated rings. The van der Waals surface area contributed by atoms with E-state index in [0.717, 1.165) is 11.4 Å². The topological polar surface area (TPSA) is 68.8 Å². The van der Waals surface area contributed by atoms with Crippen LogP contribution in [-0.2, 0) is 0 Å². The number of halogens is 1. The molecule has 0 heterocycles. The second-order valence-corrected chi connectivity index (χ2v) is 6.08. The fourth-order valence-electron chi connectivity index (χ4n) is 2.79.